The van der Waals surface area contributed by atoms with Crippen LogP contribution in [0.1, 0.15) is 11.1 Å². The molecule has 0 atom stereocenters. The van der Waals surface area contributed by atoms with Crippen molar-refractivity contribution in [1.82, 2.24) is 9.97 Å². The summed E-state index contributed by atoms with van der Waals surface area (Å²) >= 11 is 1.44. The van der Waals surface area contributed by atoms with Crippen molar-refractivity contribution < 1.29 is 4.39 Å². The molecule has 0 bridgehead atoms. The summed E-state index contributed by atoms with van der Waals surface area (Å²) in [4.78, 5) is 7.89. The summed E-state index contributed by atoms with van der Waals surface area (Å²) in [7, 11) is 0. The Morgan fingerprint density at radius 3 is 3.00 bits per heavy atom. The van der Waals surface area contributed by atoms with Crippen molar-refractivity contribution in [2.75, 3.05) is 0 Å². The molecule has 2 aromatic rings. The highest BCUT2D eigenvalue weighted by Crippen LogP contribution is 2.21. The van der Waals surface area contributed by atoms with Crippen LogP contribution in [0.4, 0.5) is 4.39 Å². The molecular formula is C12H8FN3S. The minimum absolute atomic E-state index is 0.346. The standard InChI is InChI=1S/C12H8FN3S/c13-11-3-10(6-15-7-11)8-17-12-4-9(5-14)1-2-16-12/h1-4,6-7H,8H2. The van der Waals surface area contributed by atoms with Gasteiger partial charge in [-0.3, -0.25) is 4.98 Å². The second-order valence-electron chi connectivity index (χ2n) is 3.29. The zero-order valence-electron chi connectivity index (χ0n) is 8.80. The van der Waals surface area contributed by atoms with Crippen LogP contribution >= 0.6 is 11.8 Å². The number of nitriles is 1. The van der Waals surface area contributed by atoms with Crippen molar-refractivity contribution in [3.8, 4) is 6.07 Å². The molecule has 0 N–H and O–H groups in total. The SMILES string of the molecule is N#Cc1ccnc(SCc2cncc(F)c2)c1. The molecule has 0 saturated carbocycles. The third-order valence-electron chi connectivity index (χ3n) is 2.01. The number of hydrogen-bond acceptors (Lipinski definition) is 4. The van der Waals surface area contributed by atoms with Crippen molar-refractivity contribution in [3.05, 3.63) is 53.7 Å². The fourth-order valence-electron chi connectivity index (χ4n) is 1.25. The lowest BCUT2D eigenvalue weighted by molar-refractivity contribution is 0.619. The maximum Gasteiger partial charge on any atom is 0.141 e. The van der Waals surface area contributed by atoms with Gasteiger partial charge in [0.1, 0.15) is 5.82 Å². The lowest BCUT2D eigenvalue weighted by Crippen LogP contribution is -1.87. The Morgan fingerprint density at radius 1 is 1.35 bits per heavy atom. The molecule has 2 aromatic heterocycles. The van der Waals surface area contributed by atoms with Crippen LogP contribution < -0.4 is 0 Å². The minimum Gasteiger partial charge on any atom is -0.261 e. The van der Waals surface area contributed by atoms with Gasteiger partial charge in [-0.25, -0.2) is 9.37 Å². The molecule has 2 heterocycles. The fraction of sp³-hybridized carbons (Fsp3) is 0.0833. The van der Waals surface area contributed by atoms with Crippen LogP contribution in [0.25, 0.3) is 0 Å². The first-order chi connectivity index (χ1) is 8.28. The van der Waals surface area contributed by atoms with Gasteiger partial charge in [-0.1, -0.05) is 0 Å². The molecule has 17 heavy (non-hydrogen) atoms. The van der Waals surface area contributed by atoms with Gasteiger partial charge >= 0.3 is 0 Å². The van der Waals surface area contributed by atoms with Gasteiger partial charge in [0.25, 0.3) is 0 Å². The molecule has 0 aliphatic rings. The first-order valence-electron chi connectivity index (χ1n) is 4.86. The zero-order valence-corrected chi connectivity index (χ0v) is 9.62. The summed E-state index contributed by atoms with van der Waals surface area (Å²) in [5.41, 5.74) is 1.36. The fourth-order valence-corrected chi connectivity index (χ4v) is 2.07. The van der Waals surface area contributed by atoms with E-state index in [0.717, 1.165) is 10.6 Å². The molecule has 3 nitrogen and oxygen atoms in total. The molecule has 0 saturated heterocycles. The zero-order chi connectivity index (χ0) is 12.1. The first-order valence-corrected chi connectivity index (χ1v) is 5.85. The number of pyridine rings is 2. The number of hydrogen-bond donors (Lipinski definition) is 0. The lowest BCUT2D eigenvalue weighted by atomic mass is 10.3. The second-order valence-corrected chi connectivity index (χ2v) is 4.29. The van der Waals surface area contributed by atoms with Crippen molar-refractivity contribution in [2.45, 2.75) is 10.8 Å². The Labute approximate surface area is 102 Å². The van der Waals surface area contributed by atoms with Crippen LogP contribution in [-0.4, -0.2) is 9.97 Å². The van der Waals surface area contributed by atoms with Crippen LogP contribution in [0, 0.1) is 17.1 Å². The van der Waals surface area contributed by atoms with E-state index in [1.807, 2.05) is 6.07 Å². The van der Waals surface area contributed by atoms with Gasteiger partial charge in [0.15, 0.2) is 0 Å². The lowest BCUT2D eigenvalue weighted by Gasteiger charge is -2.01. The number of thioether (sulfide) groups is 1. The Kier molecular flexibility index (Phi) is 3.68. The molecule has 84 valence electrons. The molecule has 0 unspecified atom stereocenters. The van der Waals surface area contributed by atoms with Crippen LogP contribution in [0.5, 0.6) is 0 Å². The average Bonchev–Trinajstić information content (AvgIpc) is 2.37. The van der Waals surface area contributed by atoms with Crippen molar-refractivity contribution >= 4 is 11.8 Å². The van der Waals surface area contributed by atoms with Crippen molar-refractivity contribution in [3.63, 3.8) is 0 Å². The highest BCUT2D eigenvalue weighted by molar-refractivity contribution is 7.98. The molecular weight excluding hydrogens is 237 g/mol. The molecule has 0 aliphatic heterocycles. The van der Waals surface area contributed by atoms with Gasteiger partial charge in [0.2, 0.25) is 0 Å². The van der Waals surface area contributed by atoms with E-state index in [2.05, 4.69) is 9.97 Å². The highest BCUT2D eigenvalue weighted by Gasteiger charge is 2.00. The van der Waals surface area contributed by atoms with E-state index in [0.29, 0.717) is 11.3 Å². The van der Waals surface area contributed by atoms with E-state index in [1.54, 1.807) is 24.5 Å². The van der Waals surface area contributed by atoms with Gasteiger partial charge in [-0.2, -0.15) is 5.26 Å². The van der Waals surface area contributed by atoms with Gasteiger partial charge < -0.3 is 0 Å². The number of nitrogens with zero attached hydrogens (tertiary/aromatic N) is 3. The van der Waals surface area contributed by atoms with E-state index >= 15 is 0 Å². The van der Waals surface area contributed by atoms with Crippen LogP contribution in [0.15, 0.2) is 41.8 Å². The molecule has 0 spiro atoms. The normalized spacial score (nSPS) is 9.88. The van der Waals surface area contributed by atoms with E-state index in [1.165, 1.54) is 24.0 Å². The molecule has 0 fully saturated rings. The predicted octanol–water partition coefficient (Wildman–Crippen LogP) is 2.78. The summed E-state index contributed by atoms with van der Waals surface area (Å²) in [6, 6.07) is 6.84. The largest absolute Gasteiger partial charge is 0.261 e. The molecule has 2 rings (SSSR count). The third-order valence-corrected chi connectivity index (χ3v) is 3.01. The summed E-state index contributed by atoms with van der Waals surface area (Å²) in [5.74, 6) is 0.231. The van der Waals surface area contributed by atoms with Crippen LogP contribution in [-0.2, 0) is 5.75 Å². The Morgan fingerprint density at radius 2 is 2.24 bits per heavy atom. The summed E-state index contributed by atoms with van der Waals surface area (Å²) in [6.07, 6.45) is 4.37. The van der Waals surface area contributed by atoms with E-state index in [9.17, 15) is 4.39 Å². The molecule has 0 aromatic carbocycles. The van der Waals surface area contributed by atoms with Gasteiger partial charge in [-0.15, -0.1) is 11.8 Å². The molecule has 0 aliphatic carbocycles. The predicted molar refractivity (Wildman–Crippen MR) is 62.7 cm³/mol. The highest BCUT2D eigenvalue weighted by atomic mass is 32.2. The minimum atomic E-state index is -0.346. The van der Waals surface area contributed by atoms with E-state index in [4.69, 9.17) is 5.26 Å². The molecule has 0 amide bonds. The molecule has 5 heteroatoms. The van der Waals surface area contributed by atoms with E-state index in [-0.39, 0.29) is 5.82 Å². The average molecular weight is 245 g/mol. The van der Waals surface area contributed by atoms with Gasteiger partial charge in [0, 0.05) is 18.1 Å². The molecule has 0 radical (unpaired) electrons. The number of halogens is 1. The van der Waals surface area contributed by atoms with E-state index < -0.39 is 0 Å². The summed E-state index contributed by atoms with van der Waals surface area (Å²) in [5, 5.41) is 9.48. The summed E-state index contributed by atoms with van der Waals surface area (Å²) < 4.78 is 12.9. The van der Waals surface area contributed by atoms with Crippen molar-refractivity contribution in [2.24, 2.45) is 0 Å². The first kappa shape index (κ1) is 11.6. The maximum absolute atomic E-state index is 12.9. The van der Waals surface area contributed by atoms with Crippen LogP contribution in [0.2, 0.25) is 0 Å². The second kappa shape index (κ2) is 5.41. The Hall–Kier alpha value is -1.93. The number of rotatable bonds is 3. The Bertz CT molecular complexity index is 566. The quantitative estimate of drug-likeness (QED) is 0.780. The number of aromatic nitrogens is 2. The van der Waals surface area contributed by atoms with Crippen molar-refractivity contribution in [1.29, 1.82) is 5.26 Å². The topological polar surface area (TPSA) is 49.6 Å². The monoisotopic (exact) mass is 245 g/mol. The Balaban J connectivity index is 2.05. The maximum atomic E-state index is 12.9. The summed E-state index contributed by atoms with van der Waals surface area (Å²) in [6.45, 7) is 0. The van der Waals surface area contributed by atoms with Gasteiger partial charge in [-0.05, 0) is 23.8 Å². The smallest absolute Gasteiger partial charge is 0.141 e. The third kappa shape index (κ3) is 3.26. The van der Waals surface area contributed by atoms with Crippen LogP contribution in [0.3, 0.4) is 0 Å². The van der Waals surface area contributed by atoms with Gasteiger partial charge in [0.05, 0.1) is 22.9 Å².